The molecule has 0 heterocycles. The molecule has 1 aromatic carbocycles. The Bertz CT molecular complexity index is 354. The van der Waals surface area contributed by atoms with E-state index in [1.807, 2.05) is 12.1 Å². The van der Waals surface area contributed by atoms with Crippen LogP contribution >= 0.6 is 0 Å². The third-order valence-corrected chi connectivity index (χ3v) is 3.39. The molecule has 0 saturated heterocycles. The molecule has 0 spiro atoms. The van der Waals surface area contributed by atoms with Crippen LogP contribution in [-0.2, 0) is 0 Å². The SMILES string of the molecule is CCCN(CC)CC(NCC)c1ccccc1OC. The molecule has 0 bridgehead atoms. The maximum Gasteiger partial charge on any atom is 0.123 e. The highest BCUT2D eigenvalue weighted by Crippen LogP contribution is 2.25. The molecule has 0 saturated carbocycles. The van der Waals surface area contributed by atoms with Crippen LogP contribution in [0.2, 0.25) is 0 Å². The maximum absolute atomic E-state index is 5.49. The molecule has 19 heavy (non-hydrogen) atoms. The summed E-state index contributed by atoms with van der Waals surface area (Å²) in [4.78, 5) is 2.49. The highest BCUT2D eigenvalue weighted by atomic mass is 16.5. The van der Waals surface area contributed by atoms with Crippen molar-refractivity contribution in [3.05, 3.63) is 29.8 Å². The lowest BCUT2D eigenvalue weighted by atomic mass is 10.0. The van der Waals surface area contributed by atoms with Gasteiger partial charge in [0.2, 0.25) is 0 Å². The van der Waals surface area contributed by atoms with Crippen LogP contribution in [0.25, 0.3) is 0 Å². The molecular weight excluding hydrogens is 236 g/mol. The Morgan fingerprint density at radius 1 is 1.21 bits per heavy atom. The highest BCUT2D eigenvalue weighted by molar-refractivity contribution is 5.36. The molecule has 1 atom stereocenters. The minimum absolute atomic E-state index is 0.327. The molecule has 0 fully saturated rings. The Morgan fingerprint density at radius 2 is 1.95 bits per heavy atom. The summed E-state index contributed by atoms with van der Waals surface area (Å²) in [6.07, 6.45) is 1.19. The van der Waals surface area contributed by atoms with Crippen molar-refractivity contribution < 1.29 is 4.74 Å². The van der Waals surface area contributed by atoms with Crippen LogP contribution in [-0.4, -0.2) is 38.2 Å². The van der Waals surface area contributed by atoms with Crippen LogP contribution in [0.3, 0.4) is 0 Å². The van der Waals surface area contributed by atoms with E-state index in [9.17, 15) is 0 Å². The molecule has 0 radical (unpaired) electrons. The van der Waals surface area contributed by atoms with Gasteiger partial charge in [0.25, 0.3) is 0 Å². The number of methoxy groups -OCH3 is 1. The van der Waals surface area contributed by atoms with Gasteiger partial charge in [0.1, 0.15) is 5.75 Å². The van der Waals surface area contributed by atoms with Crippen LogP contribution in [0.5, 0.6) is 5.75 Å². The Kier molecular flexibility index (Phi) is 7.53. The number of benzene rings is 1. The van der Waals surface area contributed by atoms with Gasteiger partial charge >= 0.3 is 0 Å². The molecule has 0 aliphatic carbocycles. The second-order valence-electron chi connectivity index (χ2n) is 4.75. The smallest absolute Gasteiger partial charge is 0.123 e. The van der Waals surface area contributed by atoms with Crippen molar-refractivity contribution in [2.24, 2.45) is 0 Å². The van der Waals surface area contributed by atoms with Gasteiger partial charge in [-0.25, -0.2) is 0 Å². The molecule has 0 aliphatic rings. The second kappa shape index (κ2) is 8.94. The molecule has 1 aromatic rings. The Balaban J connectivity index is 2.86. The van der Waals surface area contributed by atoms with Crippen LogP contribution < -0.4 is 10.1 Å². The van der Waals surface area contributed by atoms with E-state index in [4.69, 9.17) is 4.74 Å². The summed E-state index contributed by atoms with van der Waals surface area (Å²) in [5.74, 6) is 0.973. The van der Waals surface area contributed by atoms with Crippen LogP contribution in [0.4, 0.5) is 0 Å². The molecule has 0 amide bonds. The summed E-state index contributed by atoms with van der Waals surface area (Å²) in [6.45, 7) is 10.8. The van der Waals surface area contributed by atoms with Crippen LogP contribution in [0.15, 0.2) is 24.3 Å². The highest BCUT2D eigenvalue weighted by Gasteiger charge is 2.17. The predicted octanol–water partition coefficient (Wildman–Crippen LogP) is 3.08. The van der Waals surface area contributed by atoms with Gasteiger partial charge in [-0.15, -0.1) is 0 Å². The standard InChI is InChI=1S/C16H28N2O/c1-5-12-18(7-3)13-15(17-6-2)14-10-8-9-11-16(14)19-4/h8-11,15,17H,5-7,12-13H2,1-4H3. The van der Waals surface area contributed by atoms with Gasteiger partial charge < -0.3 is 15.0 Å². The third-order valence-electron chi connectivity index (χ3n) is 3.39. The zero-order valence-electron chi connectivity index (χ0n) is 12.8. The van der Waals surface area contributed by atoms with E-state index in [0.717, 1.165) is 31.9 Å². The molecule has 0 aliphatic heterocycles. The summed E-state index contributed by atoms with van der Waals surface area (Å²) >= 11 is 0. The number of nitrogens with one attached hydrogen (secondary N) is 1. The van der Waals surface area contributed by atoms with Crippen molar-refractivity contribution in [2.45, 2.75) is 33.2 Å². The third kappa shape index (κ3) is 4.84. The Hall–Kier alpha value is -1.06. The largest absolute Gasteiger partial charge is 0.496 e. The zero-order valence-corrected chi connectivity index (χ0v) is 12.8. The van der Waals surface area contributed by atoms with Gasteiger partial charge in [0, 0.05) is 18.2 Å². The van der Waals surface area contributed by atoms with Gasteiger partial charge in [-0.3, -0.25) is 0 Å². The number of ether oxygens (including phenoxy) is 1. The van der Waals surface area contributed by atoms with Crippen molar-refractivity contribution >= 4 is 0 Å². The lowest BCUT2D eigenvalue weighted by Gasteiger charge is -2.28. The van der Waals surface area contributed by atoms with Gasteiger partial charge in [0.15, 0.2) is 0 Å². The predicted molar refractivity (Wildman–Crippen MR) is 81.8 cm³/mol. The maximum atomic E-state index is 5.49. The average Bonchev–Trinajstić information content (AvgIpc) is 2.46. The molecule has 0 aromatic heterocycles. The van der Waals surface area contributed by atoms with E-state index < -0.39 is 0 Å². The molecule has 1 N–H and O–H groups in total. The first-order chi connectivity index (χ1) is 9.26. The lowest BCUT2D eigenvalue weighted by Crippen LogP contribution is -2.35. The average molecular weight is 264 g/mol. The van der Waals surface area contributed by atoms with Crippen molar-refractivity contribution in [1.82, 2.24) is 10.2 Å². The number of hydrogen-bond donors (Lipinski definition) is 1. The van der Waals surface area contributed by atoms with Crippen molar-refractivity contribution in [1.29, 1.82) is 0 Å². The molecule has 3 nitrogen and oxygen atoms in total. The first-order valence-electron chi connectivity index (χ1n) is 7.35. The van der Waals surface area contributed by atoms with Crippen LogP contribution in [0, 0.1) is 0 Å². The second-order valence-corrected chi connectivity index (χ2v) is 4.75. The minimum atomic E-state index is 0.327. The zero-order chi connectivity index (χ0) is 14.1. The molecular formula is C16H28N2O. The summed E-state index contributed by atoms with van der Waals surface area (Å²) in [6, 6.07) is 8.63. The van der Waals surface area contributed by atoms with Crippen molar-refractivity contribution in [3.63, 3.8) is 0 Å². The van der Waals surface area contributed by atoms with Gasteiger partial charge in [-0.1, -0.05) is 39.0 Å². The first kappa shape index (κ1) is 16.0. The fourth-order valence-corrected chi connectivity index (χ4v) is 2.43. The molecule has 108 valence electrons. The lowest BCUT2D eigenvalue weighted by molar-refractivity contribution is 0.252. The van der Waals surface area contributed by atoms with E-state index in [2.05, 4.69) is 43.1 Å². The summed E-state index contributed by atoms with van der Waals surface area (Å²) in [5, 5.41) is 3.58. The van der Waals surface area contributed by atoms with E-state index in [-0.39, 0.29) is 0 Å². The fraction of sp³-hybridized carbons (Fsp3) is 0.625. The minimum Gasteiger partial charge on any atom is -0.496 e. The monoisotopic (exact) mass is 264 g/mol. The van der Waals surface area contributed by atoms with E-state index in [0.29, 0.717) is 6.04 Å². The van der Waals surface area contributed by atoms with Gasteiger partial charge in [0.05, 0.1) is 7.11 Å². The van der Waals surface area contributed by atoms with Gasteiger partial charge in [-0.2, -0.15) is 0 Å². The normalized spacial score (nSPS) is 12.7. The number of para-hydroxylation sites is 1. The number of nitrogens with zero attached hydrogens (tertiary/aromatic N) is 1. The van der Waals surface area contributed by atoms with Crippen LogP contribution in [0.1, 0.15) is 38.8 Å². The fourth-order valence-electron chi connectivity index (χ4n) is 2.43. The Morgan fingerprint density at radius 3 is 2.53 bits per heavy atom. The van der Waals surface area contributed by atoms with E-state index in [1.54, 1.807) is 7.11 Å². The van der Waals surface area contributed by atoms with E-state index >= 15 is 0 Å². The number of hydrogen-bond acceptors (Lipinski definition) is 3. The molecule has 1 unspecified atom stereocenters. The Labute approximate surface area is 118 Å². The summed E-state index contributed by atoms with van der Waals surface area (Å²) in [7, 11) is 1.74. The number of likely N-dealkylation sites (N-methyl/N-ethyl adjacent to an activating group) is 2. The number of rotatable bonds is 9. The first-order valence-corrected chi connectivity index (χ1v) is 7.35. The molecule has 1 rings (SSSR count). The summed E-state index contributed by atoms with van der Waals surface area (Å²) < 4.78 is 5.49. The topological polar surface area (TPSA) is 24.5 Å². The quantitative estimate of drug-likeness (QED) is 0.742. The van der Waals surface area contributed by atoms with Gasteiger partial charge in [-0.05, 0) is 32.1 Å². The van der Waals surface area contributed by atoms with Crippen molar-refractivity contribution in [2.75, 3.05) is 33.3 Å². The van der Waals surface area contributed by atoms with E-state index in [1.165, 1.54) is 12.0 Å². The van der Waals surface area contributed by atoms with Crippen molar-refractivity contribution in [3.8, 4) is 5.75 Å². The molecule has 3 heteroatoms. The summed E-state index contributed by atoms with van der Waals surface area (Å²) in [5.41, 5.74) is 1.25.